The Labute approximate surface area is 69.6 Å². The zero-order valence-electron chi connectivity index (χ0n) is 4.22. The molecule has 1 rings (SSSR count). The zero-order chi connectivity index (χ0) is 5.28. The average Bonchev–Trinajstić information content (AvgIpc) is 1.91. The SMILES string of the molecule is CC1=[C]([Gd])CC=C1. The molecule has 0 radical (unpaired) electrons. The van der Waals surface area contributed by atoms with Crippen LogP contribution in [-0.4, -0.2) is 0 Å². The molecule has 0 fully saturated rings. The molecule has 0 unspecified atom stereocenters. The molecule has 0 amide bonds. The van der Waals surface area contributed by atoms with Crippen LogP contribution in [0.3, 0.4) is 0 Å². The van der Waals surface area contributed by atoms with Gasteiger partial charge in [-0.05, 0) is 0 Å². The van der Waals surface area contributed by atoms with Crippen LogP contribution in [-0.2, 0) is 0 Å². The van der Waals surface area contributed by atoms with Crippen LogP contribution in [0.5, 0.6) is 0 Å². The van der Waals surface area contributed by atoms with Gasteiger partial charge in [0.2, 0.25) is 0 Å². The van der Waals surface area contributed by atoms with Crippen LogP contribution in [0.25, 0.3) is 0 Å². The third-order valence-corrected chi connectivity index (χ3v) is 2.44. The summed E-state index contributed by atoms with van der Waals surface area (Å²) in [4.78, 5) is 0. The van der Waals surface area contributed by atoms with Gasteiger partial charge in [0.25, 0.3) is 0 Å². The van der Waals surface area contributed by atoms with E-state index < -0.39 is 0 Å². The van der Waals surface area contributed by atoms with Crippen LogP contribution >= 0.6 is 0 Å². The monoisotopic (exact) mass is 237 g/mol. The van der Waals surface area contributed by atoms with Crippen LogP contribution in [0.15, 0.2) is 19.1 Å². The maximum atomic E-state index is 2.21. The van der Waals surface area contributed by atoms with E-state index in [1.807, 2.05) is 37.9 Å². The Hall–Kier alpha value is 0.805. The quantitative estimate of drug-likeness (QED) is 0.601. The first-order valence-corrected chi connectivity index (χ1v) is 3.44. The normalized spacial score (nSPS) is 19.1. The molecule has 1 aliphatic carbocycles. The molecule has 1 aliphatic rings. The molecular formula is C6H7Gd. The van der Waals surface area contributed by atoms with Gasteiger partial charge in [-0.3, -0.25) is 0 Å². The van der Waals surface area contributed by atoms with E-state index >= 15 is 0 Å². The summed E-state index contributed by atoms with van der Waals surface area (Å²) < 4.78 is 1.54. The average molecular weight is 236 g/mol. The number of allylic oxidation sites excluding steroid dienone is 4. The Bertz CT molecular complexity index is 131. The maximum absolute atomic E-state index is 2.21. The van der Waals surface area contributed by atoms with Gasteiger partial charge in [-0.1, -0.05) is 0 Å². The van der Waals surface area contributed by atoms with Crippen LogP contribution in [0, 0.1) is 37.9 Å². The van der Waals surface area contributed by atoms with Gasteiger partial charge in [0.15, 0.2) is 0 Å². The third kappa shape index (κ3) is 1.35. The van der Waals surface area contributed by atoms with E-state index in [2.05, 4.69) is 19.1 Å². The van der Waals surface area contributed by atoms with E-state index in [0.717, 1.165) is 0 Å². The molecule has 1 heteroatoms. The van der Waals surface area contributed by atoms with Crippen molar-refractivity contribution in [1.29, 1.82) is 0 Å². The van der Waals surface area contributed by atoms with E-state index in [-0.39, 0.29) is 0 Å². The first-order valence-electron chi connectivity index (χ1n) is 2.31. The topological polar surface area (TPSA) is 0 Å². The Balaban J connectivity index is 2.79. The second kappa shape index (κ2) is 2.39. The van der Waals surface area contributed by atoms with Crippen LogP contribution in [0.4, 0.5) is 0 Å². The van der Waals surface area contributed by atoms with Crippen molar-refractivity contribution < 1.29 is 37.9 Å². The Morgan fingerprint density at radius 3 is 2.57 bits per heavy atom. The molecule has 0 spiro atoms. The molecule has 0 N–H and O–H groups in total. The summed E-state index contributed by atoms with van der Waals surface area (Å²) in [6.45, 7) is 2.16. The molecule has 0 saturated carbocycles. The van der Waals surface area contributed by atoms with Gasteiger partial charge in [0.05, 0.1) is 0 Å². The first-order chi connectivity index (χ1) is 3.30. The van der Waals surface area contributed by atoms with Crippen molar-refractivity contribution >= 4 is 0 Å². The molecule has 0 bridgehead atoms. The van der Waals surface area contributed by atoms with Gasteiger partial charge in [-0.15, -0.1) is 0 Å². The number of hydrogen-bond acceptors (Lipinski definition) is 0. The summed E-state index contributed by atoms with van der Waals surface area (Å²) >= 11 is 1.99. The molecule has 0 aromatic rings. The van der Waals surface area contributed by atoms with E-state index in [1.165, 1.54) is 12.0 Å². The summed E-state index contributed by atoms with van der Waals surface area (Å²) in [6.07, 6.45) is 5.57. The molecule has 0 atom stereocenters. The fourth-order valence-corrected chi connectivity index (χ4v) is 1.04. The van der Waals surface area contributed by atoms with Gasteiger partial charge in [-0.25, -0.2) is 0 Å². The van der Waals surface area contributed by atoms with Crippen LogP contribution in [0.2, 0.25) is 0 Å². The molecule has 0 aromatic heterocycles. The second-order valence-corrected chi connectivity index (χ2v) is 3.05. The number of hydrogen-bond donors (Lipinski definition) is 0. The minimum absolute atomic E-state index is 1.18. The summed E-state index contributed by atoms with van der Waals surface area (Å²) in [5, 5.41) is 0. The first kappa shape index (κ1) is 5.93. The Morgan fingerprint density at radius 1 is 1.71 bits per heavy atom. The standard InChI is InChI=1S/C6H7.Gd/c1-6-4-2-3-5-6;/h2,4H,3H2,1H3;. The zero-order valence-corrected chi connectivity index (χ0v) is 6.48. The van der Waals surface area contributed by atoms with Crippen molar-refractivity contribution in [3.63, 3.8) is 0 Å². The van der Waals surface area contributed by atoms with E-state index in [0.29, 0.717) is 0 Å². The predicted molar refractivity (Wildman–Crippen MR) is 26.5 cm³/mol. The predicted octanol–water partition coefficient (Wildman–Crippen LogP) is 1.77. The van der Waals surface area contributed by atoms with Gasteiger partial charge >= 0.3 is 70.3 Å². The minimum atomic E-state index is 1.18. The van der Waals surface area contributed by atoms with Crippen molar-refractivity contribution in [2.24, 2.45) is 0 Å². The van der Waals surface area contributed by atoms with E-state index in [1.54, 1.807) is 1.35 Å². The van der Waals surface area contributed by atoms with Crippen LogP contribution < -0.4 is 0 Å². The Morgan fingerprint density at radius 2 is 2.43 bits per heavy atom. The fraction of sp³-hybridized carbons (Fsp3) is 0.333. The van der Waals surface area contributed by atoms with Crippen molar-refractivity contribution in [2.75, 3.05) is 0 Å². The van der Waals surface area contributed by atoms with Gasteiger partial charge < -0.3 is 0 Å². The Kier molecular flexibility index (Phi) is 2.02. The molecule has 7 heavy (non-hydrogen) atoms. The van der Waals surface area contributed by atoms with E-state index in [4.69, 9.17) is 0 Å². The summed E-state index contributed by atoms with van der Waals surface area (Å²) in [7, 11) is 0. The third-order valence-electron chi connectivity index (χ3n) is 1.08. The van der Waals surface area contributed by atoms with Gasteiger partial charge in [0.1, 0.15) is 0 Å². The van der Waals surface area contributed by atoms with Crippen molar-refractivity contribution in [3.8, 4) is 0 Å². The summed E-state index contributed by atoms with van der Waals surface area (Å²) in [5.74, 6) is 0. The summed E-state index contributed by atoms with van der Waals surface area (Å²) in [5.41, 5.74) is 1.46. The van der Waals surface area contributed by atoms with Crippen LogP contribution in [0.1, 0.15) is 13.3 Å². The van der Waals surface area contributed by atoms with Gasteiger partial charge in [-0.2, -0.15) is 0 Å². The molecule has 0 saturated heterocycles. The van der Waals surface area contributed by atoms with Crippen molar-refractivity contribution in [3.05, 3.63) is 19.1 Å². The molecule has 39 valence electrons. The summed E-state index contributed by atoms with van der Waals surface area (Å²) in [6, 6.07) is 0. The molecule has 0 heterocycles. The fourth-order valence-electron chi connectivity index (χ4n) is 0.586. The van der Waals surface area contributed by atoms with Gasteiger partial charge in [0, 0.05) is 0 Å². The number of rotatable bonds is 0. The molecule has 0 aliphatic heterocycles. The second-order valence-electron chi connectivity index (χ2n) is 1.68. The van der Waals surface area contributed by atoms with Crippen molar-refractivity contribution in [1.82, 2.24) is 0 Å². The van der Waals surface area contributed by atoms with Crippen molar-refractivity contribution in [2.45, 2.75) is 13.3 Å². The van der Waals surface area contributed by atoms with E-state index in [9.17, 15) is 0 Å². The molecule has 0 aromatic carbocycles. The molecule has 0 nitrogen and oxygen atoms in total. The molecular weight excluding hydrogens is 229 g/mol.